The third kappa shape index (κ3) is 4.20. The van der Waals surface area contributed by atoms with E-state index < -0.39 is 0 Å². The molecule has 0 aliphatic rings. The number of nitrogens with one attached hydrogen (secondary N) is 1. The monoisotopic (exact) mass is 371 g/mol. The standard InChI is InChI=1S/C23H21N3O2/c27-23(24-14-13-20-12-7-15-28-20)21-17-26(16-18-8-3-1-4-9-18)25-22(21)19-10-5-2-6-11-19/h1-12,15,17H,13-14,16H2,(H,24,27). The van der Waals surface area contributed by atoms with Crippen molar-refractivity contribution < 1.29 is 9.21 Å². The minimum atomic E-state index is -0.135. The summed E-state index contributed by atoms with van der Waals surface area (Å²) in [5.41, 5.74) is 3.31. The number of nitrogens with zero attached hydrogens (tertiary/aromatic N) is 2. The van der Waals surface area contributed by atoms with E-state index in [0.29, 0.717) is 30.8 Å². The van der Waals surface area contributed by atoms with E-state index in [1.54, 1.807) is 6.26 Å². The fourth-order valence-corrected chi connectivity index (χ4v) is 3.10. The van der Waals surface area contributed by atoms with Crippen molar-refractivity contribution in [1.29, 1.82) is 0 Å². The van der Waals surface area contributed by atoms with Gasteiger partial charge in [0, 0.05) is 24.7 Å². The number of hydrogen-bond acceptors (Lipinski definition) is 3. The van der Waals surface area contributed by atoms with Crippen molar-refractivity contribution in [3.05, 3.63) is 102 Å². The molecule has 0 fully saturated rings. The van der Waals surface area contributed by atoms with Crippen LogP contribution >= 0.6 is 0 Å². The fourth-order valence-electron chi connectivity index (χ4n) is 3.10. The molecule has 1 amide bonds. The molecule has 2 aromatic heterocycles. The molecule has 1 N–H and O–H groups in total. The zero-order valence-electron chi connectivity index (χ0n) is 15.4. The number of aromatic nitrogens is 2. The summed E-state index contributed by atoms with van der Waals surface area (Å²) in [6.07, 6.45) is 4.10. The van der Waals surface area contributed by atoms with Gasteiger partial charge in [-0.25, -0.2) is 0 Å². The summed E-state index contributed by atoms with van der Waals surface area (Å²) in [6, 6.07) is 23.6. The van der Waals surface area contributed by atoms with Crippen LogP contribution in [0, 0.1) is 0 Å². The molecule has 0 spiro atoms. The molecule has 2 heterocycles. The van der Waals surface area contributed by atoms with Crippen molar-refractivity contribution in [2.75, 3.05) is 6.54 Å². The van der Waals surface area contributed by atoms with Crippen molar-refractivity contribution >= 4 is 5.91 Å². The van der Waals surface area contributed by atoms with Crippen LogP contribution in [-0.2, 0) is 13.0 Å². The van der Waals surface area contributed by atoms with Crippen LogP contribution in [0.2, 0.25) is 0 Å². The van der Waals surface area contributed by atoms with E-state index in [-0.39, 0.29) is 5.91 Å². The second-order valence-corrected chi connectivity index (χ2v) is 6.53. The maximum absolute atomic E-state index is 12.8. The fraction of sp³-hybridized carbons (Fsp3) is 0.130. The highest BCUT2D eigenvalue weighted by Crippen LogP contribution is 2.22. The van der Waals surface area contributed by atoms with Gasteiger partial charge < -0.3 is 9.73 Å². The van der Waals surface area contributed by atoms with Gasteiger partial charge in [0.15, 0.2) is 0 Å². The van der Waals surface area contributed by atoms with Crippen molar-refractivity contribution in [3.63, 3.8) is 0 Å². The van der Waals surface area contributed by atoms with Crippen LogP contribution in [0.4, 0.5) is 0 Å². The van der Waals surface area contributed by atoms with Crippen LogP contribution in [0.5, 0.6) is 0 Å². The Morgan fingerprint density at radius 2 is 1.71 bits per heavy atom. The van der Waals surface area contributed by atoms with Crippen molar-refractivity contribution in [2.24, 2.45) is 0 Å². The van der Waals surface area contributed by atoms with Gasteiger partial charge in [-0.1, -0.05) is 60.7 Å². The van der Waals surface area contributed by atoms with Crippen LogP contribution in [-0.4, -0.2) is 22.2 Å². The van der Waals surface area contributed by atoms with E-state index in [0.717, 1.165) is 16.9 Å². The zero-order chi connectivity index (χ0) is 19.2. The predicted octanol–water partition coefficient (Wildman–Crippen LogP) is 4.16. The maximum Gasteiger partial charge on any atom is 0.255 e. The molecule has 0 bridgehead atoms. The Labute approximate surface area is 163 Å². The Balaban J connectivity index is 1.56. The SMILES string of the molecule is O=C(NCCc1ccco1)c1cn(Cc2ccccc2)nc1-c1ccccc1. The first kappa shape index (κ1) is 17.8. The first-order valence-corrected chi connectivity index (χ1v) is 9.27. The number of benzene rings is 2. The number of rotatable bonds is 7. The molecule has 4 rings (SSSR count). The number of carbonyl (C=O) groups is 1. The third-order valence-corrected chi connectivity index (χ3v) is 4.48. The van der Waals surface area contributed by atoms with E-state index in [9.17, 15) is 4.79 Å². The Morgan fingerprint density at radius 1 is 0.964 bits per heavy atom. The summed E-state index contributed by atoms with van der Waals surface area (Å²) in [5, 5.41) is 7.66. The lowest BCUT2D eigenvalue weighted by molar-refractivity contribution is 0.0954. The first-order chi connectivity index (χ1) is 13.8. The average molecular weight is 371 g/mol. The molecule has 0 saturated heterocycles. The lowest BCUT2D eigenvalue weighted by atomic mass is 10.1. The summed E-state index contributed by atoms with van der Waals surface area (Å²) >= 11 is 0. The third-order valence-electron chi connectivity index (χ3n) is 4.48. The topological polar surface area (TPSA) is 60.1 Å². The summed E-state index contributed by atoms with van der Waals surface area (Å²) in [4.78, 5) is 12.8. The summed E-state index contributed by atoms with van der Waals surface area (Å²) in [6.45, 7) is 1.12. The maximum atomic E-state index is 12.8. The van der Waals surface area contributed by atoms with E-state index >= 15 is 0 Å². The Kier molecular flexibility index (Phi) is 5.33. The van der Waals surface area contributed by atoms with Gasteiger partial charge in [-0.15, -0.1) is 0 Å². The van der Waals surface area contributed by atoms with Gasteiger partial charge in [-0.3, -0.25) is 9.48 Å². The molecule has 2 aromatic carbocycles. The lowest BCUT2D eigenvalue weighted by Gasteiger charge is -2.04. The summed E-state index contributed by atoms with van der Waals surface area (Å²) in [5.74, 6) is 0.716. The van der Waals surface area contributed by atoms with Crippen LogP contribution in [0.25, 0.3) is 11.3 Å². The molecule has 0 aliphatic carbocycles. The van der Waals surface area contributed by atoms with Crippen molar-refractivity contribution in [2.45, 2.75) is 13.0 Å². The Morgan fingerprint density at radius 3 is 2.43 bits per heavy atom. The highest BCUT2D eigenvalue weighted by atomic mass is 16.3. The minimum Gasteiger partial charge on any atom is -0.469 e. The van der Waals surface area contributed by atoms with E-state index in [1.807, 2.05) is 83.7 Å². The molecule has 0 unspecified atom stereocenters. The van der Waals surface area contributed by atoms with E-state index in [2.05, 4.69) is 5.32 Å². The van der Waals surface area contributed by atoms with Crippen LogP contribution in [0.3, 0.4) is 0 Å². The van der Waals surface area contributed by atoms with Gasteiger partial charge in [0.05, 0.1) is 18.4 Å². The summed E-state index contributed by atoms with van der Waals surface area (Å²) in [7, 11) is 0. The lowest BCUT2D eigenvalue weighted by Crippen LogP contribution is -2.25. The zero-order valence-corrected chi connectivity index (χ0v) is 15.4. The quantitative estimate of drug-likeness (QED) is 0.531. The Bertz CT molecular complexity index is 1020. The van der Waals surface area contributed by atoms with Gasteiger partial charge in [0.25, 0.3) is 5.91 Å². The van der Waals surface area contributed by atoms with Gasteiger partial charge in [0.2, 0.25) is 0 Å². The van der Waals surface area contributed by atoms with Crippen molar-refractivity contribution in [1.82, 2.24) is 15.1 Å². The van der Waals surface area contributed by atoms with Gasteiger partial charge in [-0.2, -0.15) is 5.10 Å². The predicted molar refractivity (Wildman–Crippen MR) is 108 cm³/mol. The average Bonchev–Trinajstić information content (AvgIpc) is 3.39. The highest BCUT2D eigenvalue weighted by molar-refractivity contribution is 5.99. The molecule has 0 aliphatic heterocycles. The second kappa shape index (κ2) is 8.39. The van der Waals surface area contributed by atoms with Crippen LogP contribution in [0.15, 0.2) is 89.7 Å². The molecule has 140 valence electrons. The molecule has 0 saturated carbocycles. The highest BCUT2D eigenvalue weighted by Gasteiger charge is 2.18. The molecule has 5 heteroatoms. The largest absolute Gasteiger partial charge is 0.469 e. The normalized spacial score (nSPS) is 10.7. The van der Waals surface area contributed by atoms with Crippen molar-refractivity contribution in [3.8, 4) is 11.3 Å². The van der Waals surface area contributed by atoms with E-state index in [4.69, 9.17) is 9.52 Å². The minimum absolute atomic E-state index is 0.135. The molecule has 28 heavy (non-hydrogen) atoms. The second-order valence-electron chi connectivity index (χ2n) is 6.53. The van der Waals surface area contributed by atoms with Gasteiger partial charge in [0.1, 0.15) is 11.5 Å². The molecular weight excluding hydrogens is 350 g/mol. The van der Waals surface area contributed by atoms with Gasteiger partial charge >= 0.3 is 0 Å². The molecule has 4 aromatic rings. The molecular formula is C23H21N3O2. The number of carbonyl (C=O) groups excluding carboxylic acids is 1. The smallest absolute Gasteiger partial charge is 0.255 e. The van der Waals surface area contributed by atoms with Gasteiger partial charge in [-0.05, 0) is 17.7 Å². The molecule has 5 nitrogen and oxygen atoms in total. The van der Waals surface area contributed by atoms with Crippen LogP contribution < -0.4 is 5.32 Å². The molecule has 0 radical (unpaired) electrons. The number of furan rings is 1. The van der Waals surface area contributed by atoms with Crippen LogP contribution in [0.1, 0.15) is 21.7 Å². The number of amides is 1. The molecule has 0 atom stereocenters. The van der Waals surface area contributed by atoms with E-state index in [1.165, 1.54) is 0 Å². The number of hydrogen-bond donors (Lipinski definition) is 1. The first-order valence-electron chi connectivity index (χ1n) is 9.27. The summed E-state index contributed by atoms with van der Waals surface area (Å²) < 4.78 is 7.14. The Hall–Kier alpha value is -3.60.